The van der Waals surface area contributed by atoms with Crippen LogP contribution >= 0.6 is 0 Å². The minimum Gasteiger partial charge on any atom is -0.379 e. The summed E-state index contributed by atoms with van der Waals surface area (Å²) in [6.07, 6.45) is 0. The lowest BCUT2D eigenvalue weighted by Crippen LogP contribution is -2.17. The molecule has 6 nitrogen and oxygen atoms in total. The molecule has 0 aliphatic rings. The van der Waals surface area contributed by atoms with Gasteiger partial charge in [0.1, 0.15) is 0 Å². The van der Waals surface area contributed by atoms with Gasteiger partial charge in [-0.2, -0.15) is 9.50 Å². The normalized spacial score (nSPS) is 11.3. The van der Waals surface area contributed by atoms with Gasteiger partial charge in [-0.1, -0.05) is 42.5 Å². The van der Waals surface area contributed by atoms with Crippen molar-refractivity contribution in [3.05, 3.63) is 93.9 Å². The van der Waals surface area contributed by atoms with Gasteiger partial charge in [-0.05, 0) is 53.9 Å². The largest absolute Gasteiger partial charge is 0.379 e. The molecule has 3 aromatic carbocycles. The van der Waals surface area contributed by atoms with E-state index in [-0.39, 0.29) is 5.56 Å². The average molecular weight is 395 g/mol. The van der Waals surface area contributed by atoms with E-state index < -0.39 is 0 Å². The van der Waals surface area contributed by atoms with Gasteiger partial charge in [0.05, 0.1) is 12.2 Å². The molecule has 2 aromatic heterocycles. The van der Waals surface area contributed by atoms with Crippen molar-refractivity contribution in [1.82, 2.24) is 19.6 Å². The number of nitrogens with one attached hydrogen (secondary N) is 2. The first-order valence-electron chi connectivity index (χ1n) is 9.86. The van der Waals surface area contributed by atoms with Crippen LogP contribution in [0.5, 0.6) is 0 Å². The molecule has 30 heavy (non-hydrogen) atoms. The first kappa shape index (κ1) is 18.1. The molecule has 0 bridgehead atoms. The fourth-order valence-electron chi connectivity index (χ4n) is 3.53. The van der Waals surface area contributed by atoms with E-state index in [9.17, 15) is 4.79 Å². The molecule has 2 N–H and O–H groups in total. The molecule has 0 aliphatic heterocycles. The first-order chi connectivity index (χ1) is 14.6. The van der Waals surface area contributed by atoms with Crippen LogP contribution in [0.1, 0.15) is 16.8 Å². The lowest BCUT2D eigenvalue weighted by Gasteiger charge is -2.07. The quantitative estimate of drug-likeness (QED) is 0.471. The van der Waals surface area contributed by atoms with Crippen LogP contribution in [0.2, 0.25) is 0 Å². The number of H-pyrrole nitrogens is 1. The number of anilines is 1. The maximum Gasteiger partial charge on any atom is 0.274 e. The third-order valence-corrected chi connectivity index (χ3v) is 5.39. The minimum atomic E-state index is -0.183. The Labute approximate surface area is 173 Å². The third-order valence-electron chi connectivity index (χ3n) is 5.39. The summed E-state index contributed by atoms with van der Waals surface area (Å²) in [7, 11) is 0. The molecule has 5 rings (SSSR count). The number of hydrogen-bond acceptors (Lipinski definition) is 4. The van der Waals surface area contributed by atoms with Crippen molar-refractivity contribution in [1.29, 1.82) is 0 Å². The van der Waals surface area contributed by atoms with Crippen molar-refractivity contribution in [2.75, 3.05) is 5.32 Å². The minimum absolute atomic E-state index is 0.183. The molecule has 0 fully saturated rings. The Bertz CT molecular complexity index is 1450. The topological polar surface area (TPSA) is 75.1 Å². The molecule has 0 unspecified atom stereocenters. The molecule has 6 heteroatoms. The highest BCUT2D eigenvalue weighted by atomic mass is 16.1. The molecule has 0 atom stereocenters. The zero-order chi connectivity index (χ0) is 20.7. The fourth-order valence-corrected chi connectivity index (χ4v) is 3.53. The maximum absolute atomic E-state index is 12.6. The Morgan fingerprint density at radius 1 is 0.900 bits per heavy atom. The highest BCUT2D eigenvalue weighted by Crippen LogP contribution is 2.20. The van der Waals surface area contributed by atoms with Crippen LogP contribution < -0.4 is 10.9 Å². The molecule has 0 spiro atoms. The molecular weight excluding hydrogens is 374 g/mol. The summed E-state index contributed by atoms with van der Waals surface area (Å²) in [5, 5.41) is 8.76. The monoisotopic (exact) mass is 395 g/mol. The van der Waals surface area contributed by atoms with Gasteiger partial charge in [-0.25, -0.2) is 4.98 Å². The van der Waals surface area contributed by atoms with Crippen LogP contribution in [0.3, 0.4) is 0 Å². The standard InChI is InChI=1S/C24H21N5O/c1-15-7-8-19(11-16(15)2)23-27-24-26-21(13-22(30)29(24)28-23)14-25-20-10-9-17-5-3-4-6-18(17)12-20/h3-13,25H,14H2,1-2H3,(H,26,27,28). The lowest BCUT2D eigenvalue weighted by atomic mass is 10.1. The third kappa shape index (κ3) is 3.33. The summed E-state index contributed by atoms with van der Waals surface area (Å²) in [5.41, 5.74) is 4.76. The molecule has 2 heterocycles. The summed E-state index contributed by atoms with van der Waals surface area (Å²) in [6.45, 7) is 4.57. The molecule has 148 valence electrons. The zero-order valence-electron chi connectivity index (χ0n) is 16.8. The summed E-state index contributed by atoms with van der Waals surface area (Å²) in [4.78, 5) is 21.7. The first-order valence-corrected chi connectivity index (χ1v) is 9.86. The van der Waals surface area contributed by atoms with Crippen LogP contribution in [-0.2, 0) is 6.54 Å². The molecule has 0 saturated carbocycles. The van der Waals surface area contributed by atoms with Crippen molar-refractivity contribution >= 4 is 22.2 Å². The van der Waals surface area contributed by atoms with Gasteiger partial charge in [0, 0.05) is 17.3 Å². The second-order valence-corrected chi connectivity index (χ2v) is 7.51. The highest BCUT2D eigenvalue weighted by Gasteiger charge is 2.10. The number of aromatic nitrogens is 4. The Morgan fingerprint density at radius 2 is 1.73 bits per heavy atom. The Balaban J connectivity index is 1.43. The van der Waals surface area contributed by atoms with E-state index in [1.807, 2.05) is 30.3 Å². The number of rotatable bonds is 4. The average Bonchev–Trinajstić information content (AvgIpc) is 3.19. The highest BCUT2D eigenvalue weighted by molar-refractivity contribution is 5.85. The summed E-state index contributed by atoms with van der Waals surface area (Å²) in [6, 6.07) is 22.0. The van der Waals surface area contributed by atoms with E-state index in [2.05, 4.69) is 64.6 Å². The van der Waals surface area contributed by atoms with Crippen LogP contribution in [0.15, 0.2) is 71.5 Å². The van der Waals surface area contributed by atoms with Crippen molar-refractivity contribution in [3.8, 4) is 11.4 Å². The van der Waals surface area contributed by atoms with E-state index >= 15 is 0 Å². The van der Waals surface area contributed by atoms with Crippen molar-refractivity contribution < 1.29 is 0 Å². The van der Waals surface area contributed by atoms with Gasteiger partial charge in [0.2, 0.25) is 0 Å². The molecule has 0 radical (unpaired) electrons. The van der Waals surface area contributed by atoms with Gasteiger partial charge in [0.15, 0.2) is 5.82 Å². The Hall–Kier alpha value is -3.93. The SMILES string of the molecule is Cc1ccc(-c2nc3nc(CNc4ccc5ccccc5c4)cc(=O)n3[nH]2)cc1C. The maximum atomic E-state index is 12.6. The summed E-state index contributed by atoms with van der Waals surface area (Å²) in [5.74, 6) is 0.994. The zero-order valence-corrected chi connectivity index (χ0v) is 16.8. The van der Waals surface area contributed by atoms with Gasteiger partial charge < -0.3 is 5.32 Å². The molecule has 0 aliphatic carbocycles. The second-order valence-electron chi connectivity index (χ2n) is 7.51. The Kier molecular flexibility index (Phi) is 4.32. The van der Waals surface area contributed by atoms with Crippen molar-refractivity contribution in [2.45, 2.75) is 20.4 Å². The van der Waals surface area contributed by atoms with Gasteiger partial charge in [-0.15, -0.1) is 0 Å². The summed E-state index contributed by atoms with van der Waals surface area (Å²) < 4.78 is 1.38. The predicted molar refractivity (Wildman–Crippen MR) is 120 cm³/mol. The molecule has 0 saturated heterocycles. The van der Waals surface area contributed by atoms with Crippen LogP contribution in [-0.4, -0.2) is 19.6 Å². The Morgan fingerprint density at radius 3 is 2.57 bits per heavy atom. The number of fused-ring (bicyclic) bond motifs is 2. The molecule has 5 aromatic rings. The van der Waals surface area contributed by atoms with Gasteiger partial charge >= 0.3 is 0 Å². The number of aromatic amines is 1. The summed E-state index contributed by atoms with van der Waals surface area (Å²) >= 11 is 0. The smallest absolute Gasteiger partial charge is 0.274 e. The van der Waals surface area contributed by atoms with Crippen LogP contribution in [0, 0.1) is 13.8 Å². The van der Waals surface area contributed by atoms with E-state index in [0.717, 1.165) is 16.6 Å². The number of aryl methyl sites for hydroxylation is 2. The molecular formula is C24H21N5O. The number of benzene rings is 3. The van der Waals surface area contributed by atoms with Crippen molar-refractivity contribution in [3.63, 3.8) is 0 Å². The van der Waals surface area contributed by atoms with E-state index in [0.29, 0.717) is 23.8 Å². The van der Waals surface area contributed by atoms with Gasteiger partial charge in [0.25, 0.3) is 11.3 Å². The van der Waals surface area contributed by atoms with E-state index in [4.69, 9.17) is 0 Å². The van der Waals surface area contributed by atoms with Crippen LogP contribution in [0.25, 0.3) is 27.9 Å². The van der Waals surface area contributed by atoms with Crippen LogP contribution in [0.4, 0.5) is 5.69 Å². The second kappa shape index (κ2) is 7.15. The van der Waals surface area contributed by atoms with E-state index in [1.165, 1.54) is 27.1 Å². The van der Waals surface area contributed by atoms with Gasteiger partial charge in [-0.3, -0.25) is 9.89 Å². The number of nitrogens with zero attached hydrogens (tertiary/aromatic N) is 3. The fraction of sp³-hybridized carbons (Fsp3) is 0.125. The number of hydrogen-bond donors (Lipinski definition) is 2. The van der Waals surface area contributed by atoms with Crippen molar-refractivity contribution in [2.24, 2.45) is 0 Å². The molecule has 0 amide bonds. The lowest BCUT2D eigenvalue weighted by molar-refractivity contribution is 0.879. The van der Waals surface area contributed by atoms with E-state index in [1.54, 1.807) is 0 Å². The predicted octanol–water partition coefficient (Wildman–Crippen LogP) is 4.47.